The van der Waals surface area contributed by atoms with Crippen LogP contribution in [0.2, 0.25) is 0 Å². The van der Waals surface area contributed by atoms with Gasteiger partial charge in [0.2, 0.25) is 0 Å². The van der Waals surface area contributed by atoms with Crippen molar-refractivity contribution < 1.29 is 4.74 Å². The quantitative estimate of drug-likeness (QED) is 0.850. The summed E-state index contributed by atoms with van der Waals surface area (Å²) in [7, 11) is 1.68. The minimum absolute atomic E-state index is 0.779. The van der Waals surface area contributed by atoms with Crippen molar-refractivity contribution in [3.05, 3.63) is 72.3 Å². The van der Waals surface area contributed by atoms with Crippen molar-refractivity contribution in [3.63, 3.8) is 0 Å². The molecule has 2 rings (SSSR count). The number of methoxy groups -OCH3 is 1. The van der Waals surface area contributed by atoms with Gasteiger partial charge in [-0.1, -0.05) is 49.0 Å². The molecule has 0 saturated carbocycles. The smallest absolute Gasteiger partial charge is 0.119 e. The Hall–Kier alpha value is -2.06. The van der Waals surface area contributed by atoms with Gasteiger partial charge in [-0.2, -0.15) is 0 Å². The van der Waals surface area contributed by atoms with E-state index in [9.17, 15) is 0 Å². The number of nitrogens with one attached hydrogen (secondary N) is 1. The molecule has 0 fully saturated rings. The monoisotopic (exact) mass is 253 g/mol. The molecular weight excluding hydrogens is 234 g/mol. The first kappa shape index (κ1) is 13.4. The second-order valence-corrected chi connectivity index (χ2v) is 4.42. The summed E-state index contributed by atoms with van der Waals surface area (Å²) in [6, 6.07) is 18.3. The van der Waals surface area contributed by atoms with Crippen LogP contribution in [-0.2, 0) is 6.54 Å². The Morgan fingerprint density at radius 3 is 2.63 bits per heavy atom. The molecule has 2 nitrogen and oxygen atoms in total. The molecule has 0 aliphatic heterocycles. The standard InChI is InChI=1S/C17H19NO/c1-14(16-8-4-3-5-9-16)12-18-13-15-7-6-10-17(11-15)19-2/h3-11,18H,1,12-13H2,2H3. The minimum atomic E-state index is 0.779. The molecule has 0 radical (unpaired) electrons. The van der Waals surface area contributed by atoms with E-state index >= 15 is 0 Å². The molecule has 0 unspecified atom stereocenters. The Kier molecular flexibility index (Phi) is 4.76. The Morgan fingerprint density at radius 1 is 1.11 bits per heavy atom. The highest BCUT2D eigenvalue weighted by Gasteiger charge is 1.99. The van der Waals surface area contributed by atoms with E-state index in [0.717, 1.165) is 24.4 Å². The third-order valence-electron chi connectivity index (χ3n) is 2.98. The molecule has 0 spiro atoms. The Labute approximate surface area is 114 Å². The first-order valence-corrected chi connectivity index (χ1v) is 6.36. The summed E-state index contributed by atoms with van der Waals surface area (Å²) in [5.74, 6) is 0.890. The van der Waals surface area contributed by atoms with Crippen LogP contribution >= 0.6 is 0 Å². The highest BCUT2D eigenvalue weighted by atomic mass is 16.5. The van der Waals surface area contributed by atoms with Gasteiger partial charge in [-0.05, 0) is 28.8 Å². The second-order valence-electron chi connectivity index (χ2n) is 4.42. The molecule has 0 aliphatic carbocycles. The van der Waals surface area contributed by atoms with Gasteiger partial charge in [0.15, 0.2) is 0 Å². The lowest BCUT2D eigenvalue weighted by Crippen LogP contribution is -2.15. The molecule has 0 atom stereocenters. The Morgan fingerprint density at radius 2 is 1.89 bits per heavy atom. The molecule has 1 N–H and O–H groups in total. The topological polar surface area (TPSA) is 21.3 Å². The van der Waals surface area contributed by atoms with Gasteiger partial charge >= 0.3 is 0 Å². The fourth-order valence-electron chi connectivity index (χ4n) is 1.92. The molecule has 0 aromatic heterocycles. The molecule has 2 aromatic carbocycles. The average molecular weight is 253 g/mol. The Balaban J connectivity index is 1.85. The van der Waals surface area contributed by atoms with Crippen LogP contribution in [0.5, 0.6) is 5.75 Å². The number of rotatable bonds is 6. The van der Waals surface area contributed by atoms with Crippen LogP contribution in [0.25, 0.3) is 5.57 Å². The van der Waals surface area contributed by atoms with Crippen LogP contribution in [0, 0.1) is 0 Å². The van der Waals surface area contributed by atoms with Gasteiger partial charge in [0.25, 0.3) is 0 Å². The van der Waals surface area contributed by atoms with Crippen LogP contribution in [0.15, 0.2) is 61.2 Å². The third kappa shape index (κ3) is 3.97. The number of benzene rings is 2. The van der Waals surface area contributed by atoms with Gasteiger partial charge in [0.1, 0.15) is 5.75 Å². The fourth-order valence-corrected chi connectivity index (χ4v) is 1.92. The van der Waals surface area contributed by atoms with Gasteiger partial charge in [0.05, 0.1) is 7.11 Å². The SMILES string of the molecule is C=C(CNCc1cccc(OC)c1)c1ccccc1. The minimum Gasteiger partial charge on any atom is -0.497 e. The lowest BCUT2D eigenvalue weighted by atomic mass is 10.1. The summed E-state index contributed by atoms with van der Waals surface area (Å²) in [5.41, 5.74) is 3.49. The molecule has 98 valence electrons. The van der Waals surface area contributed by atoms with Gasteiger partial charge < -0.3 is 10.1 Å². The van der Waals surface area contributed by atoms with Gasteiger partial charge in [-0.3, -0.25) is 0 Å². The summed E-state index contributed by atoms with van der Waals surface area (Å²) >= 11 is 0. The summed E-state index contributed by atoms with van der Waals surface area (Å²) in [6.45, 7) is 5.69. The molecular formula is C17H19NO. The average Bonchev–Trinajstić information content (AvgIpc) is 2.48. The van der Waals surface area contributed by atoms with E-state index in [2.05, 4.69) is 30.1 Å². The molecule has 2 heteroatoms. The van der Waals surface area contributed by atoms with Gasteiger partial charge in [-0.15, -0.1) is 0 Å². The maximum absolute atomic E-state index is 5.21. The number of ether oxygens (including phenoxy) is 1. The van der Waals surface area contributed by atoms with Crippen LogP contribution in [0.1, 0.15) is 11.1 Å². The van der Waals surface area contributed by atoms with Crippen molar-refractivity contribution in [2.24, 2.45) is 0 Å². The van der Waals surface area contributed by atoms with E-state index in [0.29, 0.717) is 0 Å². The highest BCUT2D eigenvalue weighted by Crippen LogP contribution is 2.13. The van der Waals surface area contributed by atoms with Crippen molar-refractivity contribution in [1.82, 2.24) is 5.32 Å². The van der Waals surface area contributed by atoms with Crippen molar-refractivity contribution in [2.75, 3.05) is 13.7 Å². The summed E-state index contributed by atoms with van der Waals surface area (Å²) in [6.07, 6.45) is 0. The van der Waals surface area contributed by atoms with E-state index in [1.165, 1.54) is 11.1 Å². The number of hydrogen-bond acceptors (Lipinski definition) is 2. The van der Waals surface area contributed by atoms with E-state index in [4.69, 9.17) is 4.74 Å². The third-order valence-corrected chi connectivity index (χ3v) is 2.98. The van der Waals surface area contributed by atoms with E-state index in [1.54, 1.807) is 7.11 Å². The largest absolute Gasteiger partial charge is 0.497 e. The van der Waals surface area contributed by atoms with Crippen molar-refractivity contribution in [3.8, 4) is 5.75 Å². The maximum Gasteiger partial charge on any atom is 0.119 e. The van der Waals surface area contributed by atoms with Gasteiger partial charge in [0, 0.05) is 13.1 Å². The summed E-state index contributed by atoms with van der Waals surface area (Å²) in [4.78, 5) is 0. The summed E-state index contributed by atoms with van der Waals surface area (Å²) in [5, 5.41) is 3.40. The van der Waals surface area contributed by atoms with Crippen LogP contribution in [-0.4, -0.2) is 13.7 Å². The number of hydrogen-bond donors (Lipinski definition) is 1. The van der Waals surface area contributed by atoms with Crippen LogP contribution in [0.3, 0.4) is 0 Å². The van der Waals surface area contributed by atoms with E-state index < -0.39 is 0 Å². The molecule has 0 saturated heterocycles. The second kappa shape index (κ2) is 6.76. The predicted octanol–water partition coefficient (Wildman–Crippen LogP) is 3.50. The van der Waals surface area contributed by atoms with Crippen molar-refractivity contribution in [2.45, 2.75) is 6.54 Å². The zero-order chi connectivity index (χ0) is 13.5. The first-order chi connectivity index (χ1) is 9.29. The molecule has 0 aliphatic rings. The highest BCUT2D eigenvalue weighted by molar-refractivity contribution is 5.64. The molecule has 2 aromatic rings. The van der Waals surface area contributed by atoms with E-state index in [1.807, 2.05) is 36.4 Å². The lowest BCUT2D eigenvalue weighted by molar-refractivity contribution is 0.414. The summed E-state index contributed by atoms with van der Waals surface area (Å²) < 4.78 is 5.21. The molecule has 19 heavy (non-hydrogen) atoms. The first-order valence-electron chi connectivity index (χ1n) is 6.36. The molecule has 0 amide bonds. The maximum atomic E-state index is 5.21. The van der Waals surface area contributed by atoms with Crippen molar-refractivity contribution >= 4 is 5.57 Å². The normalized spacial score (nSPS) is 10.2. The van der Waals surface area contributed by atoms with E-state index in [-0.39, 0.29) is 0 Å². The van der Waals surface area contributed by atoms with Gasteiger partial charge in [-0.25, -0.2) is 0 Å². The zero-order valence-electron chi connectivity index (χ0n) is 11.2. The fraction of sp³-hybridized carbons (Fsp3) is 0.176. The molecule has 0 heterocycles. The zero-order valence-corrected chi connectivity index (χ0v) is 11.2. The predicted molar refractivity (Wildman–Crippen MR) is 80.2 cm³/mol. The van der Waals surface area contributed by atoms with Crippen molar-refractivity contribution in [1.29, 1.82) is 0 Å². The Bertz CT molecular complexity index is 534. The van der Waals surface area contributed by atoms with Crippen LogP contribution in [0.4, 0.5) is 0 Å². The van der Waals surface area contributed by atoms with Crippen LogP contribution < -0.4 is 10.1 Å². The lowest BCUT2D eigenvalue weighted by Gasteiger charge is -2.09. The molecule has 0 bridgehead atoms.